The zero-order chi connectivity index (χ0) is 14.8. The minimum atomic E-state index is -0.0436. The van der Waals surface area contributed by atoms with Gasteiger partial charge in [0.2, 0.25) is 0 Å². The van der Waals surface area contributed by atoms with Crippen LogP contribution in [0.4, 0.5) is 0 Å². The monoisotopic (exact) mass is 319 g/mol. The molecule has 0 amide bonds. The van der Waals surface area contributed by atoms with Gasteiger partial charge in [-0.15, -0.1) is 11.8 Å². The molecule has 2 aromatic rings. The highest BCUT2D eigenvalue weighted by atomic mass is 32.2. The summed E-state index contributed by atoms with van der Waals surface area (Å²) in [6.45, 7) is 2.53. The molecule has 4 nitrogen and oxygen atoms in total. The molecule has 2 heterocycles. The fraction of sp³-hybridized carbons (Fsp3) is 0.333. The van der Waals surface area contributed by atoms with E-state index in [2.05, 4.69) is 45.4 Å². The number of aromatic nitrogens is 2. The lowest BCUT2D eigenvalue weighted by atomic mass is 10.1. The average Bonchev–Trinajstić information content (AvgIpc) is 2.47. The number of rotatable bonds is 3. The molecular formula is C15H17N3OS2. The predicted molar refractivity (Wildman–Crippen MR) is 88.3 cm³/mol. The van der Waals surface area contributed by atoms with Crippen LogP contribution in [0.5, 0.6) is 0 Å². The lowest BCUT2D eigenvalue weighted by molar-refractivity contribution is 0.238. The molecule has 3 rings (SSSR count). The van der Waals surface area contributed by atoms with Crippen LogP contribution >= 0.6 is 24.0 Å². The van der Waals surface area contributed by atoms with Crippen molar-refractivity contribution in [2.45, 2.75) is 24.4 Å². The van der Waals surface area contributed by atoms with Gasteiger partial charge in [0.25, 0.3) is 5.56 Å². The summed E-state index contributed by atoms with van der Waals surface area (Å²) in [5, 5.41) is 0. The minimum absolute atomic E-state index is 0.0436. The van der Waals surface area contributed by atoms with Crippen molar-refractivity contribution in [3.63, 3.8) is 0 Å². The second-order valence-corrected chi connectivity index (χ2v) is 6.39. The van der Waals surface area contributed by atoms with Crippen LogP contribution in [0.25, 0.3) is 0 Å². The topological polar surface area (TPSA) is 51.9 Å². The summed E-state index contributed by atoms with van der Waals surface area (Å²) in [4.78, 5) is 21.3. The molecule has 0 aliphatic carbocycles. The third kappa shape index (κ3) is 3.12. The molecule has 0 unspecified atom stereocenters. The van der Waals surface area contributed by atoms with E-state index in [1.807, 2.05) is 0 Å². The number of hydrogen-bond donors (Lipinski definition) is 2. The standard InChI is InChI=1S/C15H17N3OS2/c1-21-13-5-3-2-4-10(13)8-18-7-6-11-12(9-18)16-15(20)17-14(11)19/h2-5H,6-9H2,1H3,(H2,16,17,19,20). The molecule has 110 valence electrons. The van der Waals surface area contributed by atoms with Gasteiger partial charge in [0.05, 0.1) is 0 Å². The summed E-state index contributed by atoms with van der Waals surface area (Å²) in [5.74, 6) is 0. The fourth-order valence-electron chi connectivity index (χ4n) is 2.74. The minimum Gasteiger partial charge on any atom is -0.334 e. The maximum absolute atomic E-state index is 11.9. The summed E-state index contributed by atoms with van der Waals surface area (Å²) < 4.78 is 0.408. The number of nitrogens with one attached hydrogen (secondary N) is 2. The van der Waals surface area contributed by atoms with Crippen molar-refractivity contribution >= 4 is 24.0 Å². The number of thioether (sulfide) groups is 1. The third-order valence-electron chi connectivity index (χ3n) is 3.78. The van der Waals surface area contributed by atoms with Gasteiger partial charge in [0, 0.05) is 35.8 Å². The summed E-state index contributed by atoms with van der Waals surface area (Å²) in [5.41, 5.74) is 3.09. The molecule has 21 heavy (non-hydrogen) atoms. The lowest BCUT2D eigenvalue weighted by Gasteiger charge is -2.28. The highest BCUT2D eigenvalue weighted by Crippen LogP contribution is 2.23. The Hall–Kier alpha value is -1.37. The van der Waals surface area contributed by atoms with Gasteiger partial charge >= 0.3 is 0 Å². The van der Waals surface area contributed by atoms with Crippen LogP contribution < -0.4 is 5.56 Å². The predicted octanol–water partition coefficient (Wildman–Crippen LogP) is 2.71. The van der Waals surface area contributed by atoms with Crippen LogP contribution in [0.1, 0.15) is 16.8 Å². The smallest absolute Gasteiger partial charge is 0.255 e. The zero-order valence-corrected chi connectivity index (χ0v) is 13.4. The molecule has 2 N–H and O–H groups in total. The quantitative estimate of drug-likeness (QED) is 0.675. The van der Waals surface area contributed by atoms with Crippen molar-refractivity contribution in [3.05, 3.63) is 56.2 Å². The molecule has 0 spiro atoms. The van der Waals surface area contributed by atoms with Gasteiger partial charge in [0.1, 0.15) is 0 Å². The number of aromatic amines is 2. The Balaban J connectivity index is 1.84. The first-order valence-electron chi connectivity index (χ1n) is 6.86. The molecule has 6 heteroatoms. The Morgan fingerprint density at radius 3 is 2.95 bits per heavy atom. The van der Waals surface area contributed by atoms with Gasteiger partial charge < -0.3 is 4.98 Å². The van der Waals surface area contributed by atoms with Gasteiger partial charge in [-0.3, -0.25) is 14.7 Å². The molecule has 0 bridgehead atoms. The molecule has 1 aliphatic rings. The maximum atomic E-state index is 11.9. The second-order valence-electron chi connectivity index (χ2n) is 5.14. The number of H-pyrrole nitrogens is 2. The van der Waals surface area contributed by atoms with Gasteiger partial charge in [-0.1, -0.05) is 18.2 Å². The van der Waals surface area contributed by atoms with E-state index >= 15 is 0 Å². The molecule has 0 fully saturated rings. The van der Waals surface area contributed by atoms with E-state index in [1.54, 1.807) is 11.8 Å². The SMILES string of the molecule is CSc1ccccc1CN1CCc2c([nH]c(=S)[nH]c2=O)C1. The Bertz CT molecular complexity index is 766. The van der Waals surface area contributed by atoms with Crippen molar-refractivity contribution in [3.8, 4) is 0 Å². The number of hydrogen-bond acceptors (Lipinski definition) is 4. The van der Waals surface area contributed by atoms with E-state index in [0.717, 1.165) is 37.3 Å². The number of benzene rings is 1. The molecule has 0 radical (unpaired) electrons. The first-order valence-corrected chi connectivity index (χ1v) is 8.49. The van der Waals surface area contributed by atoms with Crippen molar-refractivity contribution < 1.29 is 0 Å². The van der Waals surface area contributed by atoms with Crippen LogP contribution in [-0.2, 0) is 19.5 Å². The normalized spacial score (nSPS) is 14.9. The average molecular weight is 319 g/mol. The molecule has 0 atom stereocenters. The van der Waals surface area contributed by atoms with Crippen molar-refractivity contribution in [1.29, 1.82) is 0 Å². The zero-order valence-electron chi connectivity index (χ0n) is 11.8. The molecule has 0 saturated heterocycles. The summed E-state index contributed by atoms with van der Waals surface area (Å²) >= 11 is 6.83. The van der Waals surface area contributed by atoms with Crippen LogP contribution in [0.3, 0.4) is 0 Å². The van der Waals surface area contributed by atoms with E-state index in [4.69, 9.17) is 12.2 Å². The van der Waals surface area contributed by atoms with Crippen LogP contribution in [0, 0.1) is 4.77 Å². The second kappa shape index (κ2) is 6.17. The Morgan fingerprint density at radius 2 is 2.14 bits per heavy atom. The van der Waals surface area contributed by atoms with Gasteiger partial charge in [0.15, 0.2) is 4.77 Å². The molecule has 1 aliphatic heterocycles. The Labute approximate surface area is 132 Å². The largest absolute Gasteiger partial charge is 0.334 e. The molecule has 0 saturated carbocycles. The molecular weight excluding hydrogens is 302 g/mol. The van der Waals surface area contributed by atoms with E-state index in [0.29, 0.717) is 4.77 Å². The first kappa shape index (κ1) is 14.6. The van der Waals surface area contributed by atoms with Crippen molar-refractivity contribution in [2.75, 3.05) is 12.8 Å². The van der Waals surface area contributed by atoms with Gasteiger partial charge in [-0.2, -0.15) is 0 Å². The van der Waals surface area contributed by atoms with Crippen molar-refractivity contribution in [2.24, 2.45) is 0 Å². The summed E-state index contributed by atoms with van der Waals surface area (Å²) in [6.07, 6.45) is 2.86. The Kier molecular flexibility index (Phi) is 4.28. The van der Waals surface area contributed by atoms with Crippen LogP contribution in [0.2, 0.25) is 0 Å². The van der Waals surface area contributed by atoms with Gasteiger partial charge in [-0.25, -0.2) is 0 Å². The van der Waals surface area contributed by atoms with E-state index in [9.17, 15) is 4.79 Å². The number of nitrogens with zero attached hydrogens (tertiary/aromatic N) is 1. The van der Waals surface area contributed by atoms with Gasteiger partial charge in [-0.05, 0) is 36.5 Å². The van der Waals surface area contributed by atoms with E-state index in [1.165, 1.54) is 10.5 Å². The highest BCUT2D eigenvalue weighted by molar-refractivity contribution is 7.98. The Morgan fingerprint density at radius 1 is 1.33 bits per heavy atom. The summed E-state index contributed by atoms with van der Waals surface area (Å²) in [7, 11) is 0. The van der Waals surface area contributed by atoms with Crippen LogP contribution in [-0.4, -0.2) is 27.7 Å². The van der Waals surface area contributed by atoms with E-state index < -0.39 is 0 Å². The highest BCUT2D eigenvalue weighted by Gasteiger charge is 2.20. The molecule has 1 aromatic carbocycles. The maximum Gasteiger partial charge on any atom is 0.255 e. The van der Waals surface area contributed by atoms with E-state index in [-0.39, 0.29) is 5.56 Å². The number of fused-ring (bicyclic) bond motifs is 1. The summed E-state index contributed by atoms with van der Waals surface area (Å²) in [6, 6.07) is 8.46. The third-order valence-corrected chi connectivity index (χ3v) is 4.82. The molecule has 1 aromatic heterocycles. The first-order chi connectivity index (χ1) is 10.2. The lowest BCUT2D eigenvalue weighted by Crippen LogP contribution is -2.34. The van der Waals surface area contributed by atoms with Crippen LogP contribution in [0.15, 0.2) is 34.0 Å². The fourth-order valence-corrected chi connectivity index (χ4v) is 3.57. The van der Waals surface area contributed by atoms with Crippen molar-refractivity contribution in [1.82, 2.24) is 14.9 Å².